The van der Waals surface area contributed by atoms with Gasteiger partial charge in [0.2, 0.25) is 5.91 Å². The topological polar surface area (TPSA) is 95.9 Å². The average Bonchev–Trinajstić information content (AvgIpc) is 3.67. The number of amides is 2. The molecule has 7 heteroatoms. The van der Waals surface area contributed by atoms with Crippen LogP contribution in [0.25, 0.3) is 11.1 Å². The molecule has 35 heavy (non-hydrogen) atoms. The first-order valence-corrected chi connectivity index (χ1v) is 12.5. The Balaban J connectivity index is 1.23. The van der Waals surface area contributed by atoms with E-state index in [1.54, 1.807) is 4.90 Å². The molecule has 0 radical (unpaired) electrons. The van der Waals surface area contributed by atoms with Gasteiger partial charge in [-0.25, -0.2) is 4.79 Å². The van der Waals surface area contributed by atoms with Gasteiger partial charge in [0, 0.05) is 19.0 Å². The van der Waals surface area contributed by atoms with E-state index < -0.39 is 23.5 Å². The molecule has 2 atom stereocenters. The second-order valence-corrected chi connectivity index (χ2v) is 10.3. The van der Waals surface area contributed by atoms with Crippen molar-refractivity contribution in [2.45, 2.75) is 50.5 Å². The number of carboxylic acids is 1. The molecule has 5 rings (SSSR count). The zero-order valence-electron chi connectivity index (χ0n) is 20.0. The summed E-state index contributed by atoms with van der Waals surface area (Å²) >= 11 is 0. The lowest BCUT2D eigenvalue weighted by Crippen LogP contribution is -2.53. The summed E-state index contributed by atoms with van der Waals surface area (Å²) in [4.78, 5) is 39.0. The van der Waals surface area contributed by atoms with Gasteiger partial charge in [-0.3, -0.25) is 9.59 Å². The maximum absolute atomic E-state index is 13.1. The number of piperidine rings is 1. The number of ether oxygens (including phenoxy) is 1. The fraction of sp³-hybridized carbons (Fsp3) is 0.464. The Morgan fingerprint density at radius 2 is 1.66 bits per heavy atom. The molecule has 1 saturated carbocycles. The van der Waals surface area contributed by atoms with Gasteiger partial charge in [0.1, 0.15) is 6.61 Å². The molecule has 2 amide bonds. The number of carbonyl (C=O) groups is 3. The van der Waals surface area contributed by atoms with Crippen molar-refractivity contribution in [2.75, 3.05) is 19.7 Å². The van der Waals surface area contributed by atoms with Crippen LogP contribution in [0.3, 0.4) is 0 Å². The molecule has 2 aromatic carbocycles. The van der Waals surface area contributed by atoms with Crippen LogP contribution in [0.15, 0.2) is 48.5 Å². The molecular weight excluding hydrogens is 444 g/mol. The number of rotatable bonds is 7. The fourth-order valence-electron chi connectivity index (χ4n) is 5.71. The predicted molar refractivity (Wildman–Crippen MR) is 131 cm³/mol. The third-order valence-electron chi connectivity index (χ3n) is 7.85. The highest BCUT2D eigenvalue weighted by molar-refractivity contribution is 5.81. The molecule has 2 N–H and O–H groups in total. The van der Waals surface area contributed by atoms with E-state index in [0.29, 0.717) is 19.4 Å². The van der Waals surface area contributed by atoms with Crippen molar-refractivity contribution < 1.29 is 24.2 Å². The Labute approximate surface area is 205 Å². The van der Waals surface area contributed by atoms with Crippen molar-refractivity contribution in [3.8, 4) is 11.1 Å². The van der Waals surface area contributed by atoms with Crippen molar-refractivity contribution >= 4 is 18.0 Å². The molecule has 3 aliphatic rings. The molecule has 2 fully saturated rings. The highest BCUT2D eigenvalue weighted by atomic mass is 16.5. The second-order valence-electron chi connectivity index (χ2n) is 10.3. The Morgan fingerprint density at radius 1 is 1.03 bits per heavy atom. The molecule has 1 saturated heterocycles. The van der Waals surface area contributed by atoms with Crippen LogP contribution >= 0.6 is 0 Å². The van der Waals surface area contributed by atoms with Gasteiger partial charge >= 0.3 is 12.1 Å². The molecule has 1 aliphatic heterocycles. The van der Waals surface area contributed by atoms with Crippen LogP contribution < -0.4 is 5.32 Å². The number of benzene rings is 2. The van der Waals surface area contributed by atoms with Gasteiger partial charge in [0.15, 0.2) is 0 Å². The SMILES string of the molecule is CC(CC(=O)N1CCC[C@H](C(=O)O)C1)(NC(=O)OCC1c2ccccc2-c2ccccc21)C1CC1. The quantitative estimate of drug-likeness (QED) is 0.617. The van der Waals surface area contributed by atoms with Gasteiger partial charge in [-0.1, -0.05) is 48.5 Å². The summed E-state index contributed by atoms with van der Waals surface area (Å²) in [7, 11) is 0. The van der Waals surface area contributed by atoms with Gasteiger partial charge in [-0.15, -0.1) is 0 Å². The van der Waals surface area contributed by atoms with Crippen LogP contribution in [0.5, 0.6) is 0 Å². The Kier molecular flexibility index (Phi) is 6.26. The van der Waals surface area contributed by atoms with Crippen LogP contribution in [0, 0.1) is 11.8 Å². The number of nitrogens with zero attached hydrogens (tertiary/aromatic N) is 1. The Hall–Kier alpha value is -3.35. The Bertz CT molecular complexity index is 1100. The Morgan fingerprint density at radius 3 is 2.26 bits per heavy atom. The monoisotopic (exact) mass is 476 g/mol. The first-order valence-electron chi connectivity index (χ1n) is 12.5. The maximum atomic E-state index is 13.1. The van der Waals surface area contributed by atoms with Gasteiger partial charge in [0.05, 0.1) is 17.9 Å². The molecule has 1 heterocycles. The van der Waals surface area contributed by atoms with Gasteiger partial charge in [0.25, 0.3) is 0 Å². The van der Waals surface area contributed by atoms with Gasteiger partial charge < -0.3 is 20.1 Å². The fourth-order valence-corrected chi connectivity index (χ4v) is 5.71. The summed E-state index contributed by atoms with van der Waals surface area (Å²) in [6.07, 6.45) is 2.81. The zero-order valence-corrected chi connectivity index (χ0v) is 20.0. The van der Waals surface area contributed by atoms with Crippen molar-refractivity contribution in [1.29, 1.82) is 0 Å². The van der Waals surface area contributed by atoms with Crippen LogP contribution in [0.1, 0.15) is 56.1 Å². The van der Waals surface area contributed by atoms with E-state index in [0.717, 1.165) is 24.0 Å². The van der Waals surface area contributed by atoms with Crippen LogP contribution in [-0.2, 0) is 14.3 Å². The number of aliphatic carboxylic acids is 1. The van der Waals surface area contributed by atoms with E-state index in [1.165, 1.54) is 11.1 Å². The minimum absolute atomic E-state index is 0.0248. The largest absolute Gasteiger partial charge is 0.481 e. The lowest BCUT2D eigenvalue weighted by Gasteiger charge is -2.35. The van der Waals surface area contributed by atoms with Gasteiger partial charge in [-0.2, -0.15) is 0 Å². The number of hydrogen-bond acceptors (Lipinski definition) is 4. The van der Waals surface area contributed by atoms with E-state index >= 15 is 0 Å². The van der Waals surface area contributed by atoms with E-state index in [9.17, 15) is 19.5 Å². The molecule has 1 unspecified atom stereocenters. The summed E-state index contributed by atoms with van der Waals surface area (Å²) in [5, 5.41) is 12.4. The molecule has 2 aromatic rings. The van der Waals surface area contributed by atoms with Crippen molar-refractivity contribution in [1.82, 2.24) is 10.2 Å². The minimum atomic E-state index is -0.857. The van der Waals surface area contributed by atoms with Crippen molar-refractivity contribution in [2.24, 2.45) is 11.8 Å². The lowest BCUT2D eigenvalue weighted by molar-refractivity contribution is -0.146. The number of fused-ring (bicyclic) bond motifs is 3. The molecule has 7 nitrogen and oxygen atoms in total. The lowest BCUT2D eigenvalue weighted by atomic mass is 9.90. The van der Waals surface area contributed by atoms with Crippen LogP contribution in [0.2, 0.25) is 0 Å². The first-order chi connectivity index (χ1) is 16.9. The third-order valence-corrected chi connectivity index (χ3v) is 7.85. The zero-order chi connectivity index (χ0) is 24.6. The summed E-state index contributed by atoms with van der Waals surface area (Å²) in [5.74, 6) is -1.29. The molecule has 0 bridgehead atoms. The third kappa shape index (κ3) is 4.77. The van der Waals surface area contributed by atoms with Crippen LogP contribution in [0.4, 0.5) is 4.79 Å². The van der Waals surface area contributed by atoms with Gasteiger partial charge in [-0.05, 0) is 60.8 Å². The number of alkyl carbamates (subject to hydrolysis) is 1. The van der Waals surface area contributed by atoms with E-state index in [2.05, 4.69) is 29.6 Å². The predicted octanol–water partition coefficient (Wildman–Crippen LogP) is 4.41. The average molecular weight is 477 g/mol. The molecule has 0 aromatic heterocycles. The van der Waals surface area contributed by atoms with Crippen LogP contribution in [-0.4, -0.2) is 53.2 Å². The van der Waals surface area contributed by atoms with E-state index in [1.807, 2.05) is 31.2 Å². The minimum Gasteiger partial charge on any atom is -0.481 e. The number of carboxylic acid groups (broad SMARTS) is 1. The number of nitrogens with one attached hydrogen (secondary N) is 1. The number of carbonyl (C=O) groups excluding carboxylic acids is 2. The highest BCUT2D eigenvalue weighted by Gasteiger charge is 2.45. The summed E-state index contributed by atoms with van der Waals surface area (Å²) in [6.45, 7) is 2.93. The number of hydrogen-bond donors (Lipinski definition) is 2. The van der Waals surface area contributed by atoms with E-state index in [-0.39, 0.29) is 37.3 Å². The highest BCUT2D eigenvalue weighted by Crippen LogP contribution is 2.45. The van der Waals surface area contributed by atoms with Crippen molar-refractivity contribution in [3.63, 3.8) is 0 Å². The van der Waals surface area contributed by atoms with Crippen molar-refractivity contribution in [3.05, 3.63) is 59.7 Å². The first kappa shape index (κ1) is 23.4. The van der Waals surface area contributed by atoms with E-state index in [4.69, 9.17) is 4.74 Å². The standard InChI is InChI=1S/C28H32N2O5/c1-28(19-12-13-19,15-25(31)30-14-6-7-18(16-30)26(32)33)29-27(34)35-17-24-22-10-4-2-8-20(22)21-9-3-5-11-23(21)24/h2-5,8-11,18-19,24H,6-7,12-17H2,1H3,(H,29,34)(H,32,33)/t18-,28?/m0/s1. The summed E-state index contributed by atoms with van der Waals surface area (Å²) < 4.78 is 5.74. The molecule has 0 spiro atoms. The second kappa shape index (κ2) is 9.36. The summed E-state index contributed by atoms with van der Waals surface area (Å²) in [6, 6.07) is 16.4. The normalized spacial score (nSPS) is 20.9. The molecule has 184 valence electrons. The number of likely N-dealkylation sites (tertiary alicyclic amines) is 1. The molecule has 2 aliphatic carbocycles. The molecular formula is C28H32N2O5. The maximum Gasteiger partial charge on any atom is 0.407 e. The smallest absolute Gasteiger partial charge is 0.407 e. The summed E-state index contributed by atoms with van der Waals surface area (Å²) in [5.41, 5.74) is 3.94.